The van der Waals surface area contributed by atoms with Crippen molar-refractivity contribution in [3.8, 4) is 11.5 Å². The van der Waals surface area contributed by atoms with Crippen LogP contribution in [0.3, 0.4) is 0 Å². The monoisotopic (exact) mass is 390 g/mol. The second kappa shape index (κ2) is 9.78. The van der Waals surface area contributed by atoms with Crippen LogP contribution < -0.4 is 14.8 Å². The number of carbonyl (C=O) groups excluding carboxylic acids is 2. The van der Waals surface area contributed by atoms with Gasteiger partial charge < -0.3 is 19.5 Å². The van der Waals surface area contributed by atoms with Crippen LogP contribution >= 0.6 is 0 Å². The van der Waals surface area contributed by atoms with Crippen molar-refractivity contribution >= 4 is 11.9 Å². The van der Waals surface area contributed by atoms with Gasteiger partial charge in [0.2, 0.25) is 0 Å². The Hall–Kier alpha value is -2.28. The van der Waals surface area contributed by atoms with E-state index in [0.29, 0.717) is 24.5 Å². The lowest BCUT2D eigenvalue weighted by atomic mass is 10.1. The van der Waals surface area contributed by atoms with E-state index in [1.54, 1.807) is 19.2 Å². The number of ether oxygens (including phenoxy) is 3. The average molecular weight is 390 g/mol. The van der Waals surface area contributed by atoms with Crippen molar-refractivity contribution in [1.29, 1.82) is 0 Å². The normalized spacial score (nSPS) is 21.9. The van der Waals surface area contributed by atoms with Gasteiger partial charge in [-0.3, -0.25) is 14.5 Å². The van der Waals surface area contributed by atoms with Crippen LogP contribution in [0.2, 0.25) is 0 Å². The summed E-state index contributed by atoms with van der Waals surface area (Å²) in [5.74, 6) is 1.56. The molecule has 7 nitrogen and oxygen atoms in total. The van der Waals surface area contributed by atoms with Gasteiger partial charge in [-0.15, -0.1) is 0 Å². The fourth-order valence-electron chi connectivity index (χ4n) is 3.79. The number of para-hydroxylation sites is 2. The minimum atomic E-state index is -0.166. The molecule has 2 atom stereocenters. The molecule has 28 heavy (non-hydrogen) atoms. The highest BCUT2D eigenvalue weighted by Crippen LogP contribution is 2.35. The summed E-state index contributed by atoms with van der Waals surface area (Å²) < 4.78 is 15.7. The molecule has 0 unspecified atom stereocenters. The standard InChI is InChI=1S/C21H30N2O5/c1-26-18-5-3-4-6-19(18)28-14-20(24)22-12-17-10-9-16(11-21(25)27-2)23(17)13-15-7-8-15/h3-6,15-17H,7-14H2,1-2H3,(H,22,24)/t16-,17+/m1/s1. The Balaban J connectivity index is 1.48. The maximum absolute atomic E-state index is 12.2. The second-order valence-corrected chi connectivity index (χ2v) is 7.55. The summed E-state index contributed by atoms with van der Waals surface area (Å²) in [7, 11) is 3.00. The van der Waals surface area contributed by atoms with Gasteiger partial charge in [-0.1, -0.05) is 12.1 Å². The highest BCUT2D eigenvalue weighted by Gasteiger charge is 2.38. The van der Waals surface area contributed by atoms with E-state index in [-0.39, 0.29) is 30.6 Å². The van der Waals surface area contributed by atoms with Gasteiger partial charge in [0.15, 0.2) is 18.1 Å². The zero-order valence-electron chi connectivity index (χ0n) is 16.7. The first kappa shape index (κ1) is 20.5. The van der Waals surface area contributed by atoms with E-state index in [1.807, 2.05) is 12.1 Å². The largest absolute Gasteiger partial charge is 0.493 e. The van der Waals surface area contributed by atoms with E-state index in [0.717, 1.165) is 25.3 Å². The molecule has 0 aromatic heterocycles. The number of benzene rings is 1. The minimum Gasteiger partial charge on any atom is -0.493 e. The van der Waals surface area contributed by atoms with E-state index in [2.05, 4.69) is 10.2 Å². The molecule has 0 bridgehead atoms. The van der Waals surface area contributed by atoms with E-state index in [1.165, 1.54) is 20.0 Å². The third-order valence-electron chi connectivity index (χ3n) is 5.53. The third kappa shape index (κ3) is 5.61. The molecule has 0 radical (unpaired) electrons. The zero-order chi connectivity index (χ0) is 19.9. The van der Waals surface area contributed by atoms with Crippen LogP contribution in [0.4, 0.5) is 0 Å². The Morgan fingerprint density at radius 2 is 1.79 bits per heavy atom. The topological polar surface area (TPSA) is 77.1 Å². The van der Waals surface area contributed by atoms with Gasteiger partial charge in [0.05, 0.1) is 20.6 Å². The van der Waals surface area contributed by atoms with E-state index < -0.39 is 0 Å². The first-order valence-electron chi connectivity index (χ1n) is 9.95. The fourth-order valence-corrected chi connectivity index (χ4v) is 3.79. The molecule has 1 heterocycles. The number of carbonyl (C=O) groups is 2. The number of hydrogen-bond donors (Lipinski definition) is 1. The van der Waals surface area contributed by atoms with Crippen molar-refractivity contribution in [2.45, 2.75) is 44.2 Å². The molecule has 1 aromatic carbocycles. The summed E-state index contributed by atoms with van der Waals surface area (Å²) in [6.07, 6.45) is 4.87. The number of rotatable bonds is 10. The molecule has 1 aromatic rings. The van der Waals surface area contributed by atoms with Crippen LogP contribution in [0.1, 0.15) is 32.1 Å². The number of nitrogens with zero attached hydrogens (tertiary/aromatic N) is 1. The lowest BCUT2D eigenvalue weighted by molar-refractivity contribution is -0.142. The van der Waals surface area contributed by atoms with Gasteiger partial charge >= 0.3 is 5.97 Å². The number of methoxy groups -OCH3 is 2. The molecule has 154 valence electrons. The number of hydrogen-bond acceptors (Lipinski definition) is 6. The van der Waals surface area contributed by atoms with E-state index in [9.17, 15) is 9.59 Å². The van der Waals surface area contributed by atoms with Gasteiger partial charge in [0, 0.05) is 25.2 Å². The van der Waals surface area contributed by atoms with Crippen molar-refractivity contribution in [3.05, 3.63) is 24.3 Å². The maximum atomic E-state index is 12.2. The number of amides is 1. The van der Waals surface area contributed by atoms with Crippen LogP contribution in [-0.4, -0.2) is 62.8 Å². The summed E-state index contributed by atoms with van der Waals surface area (Å²) >= 11 is 0. The smallest absolute Gasteiger partial charge is 0.307 e. The molecule has 7 heteroatoms. The molecule has 1 saturated carbocycles. The molecule has 3 rings (SSSR count). The molecular formula is C21H30N2O5. The SMILES string of the molecule is COC(=O)C[C@H]1CC[C@@H](CNC(=O)COc2ccccc2OC)N1CC1CC1. The predicted octanol–water partition coefficient (Wildman–Crippen LogP) is 2.00. The van der Waals surface area contributed by atoms with Gasteiger partial charge in [-0.25, -0.2) is 0 Å². The van der Waals surface area contributed by atoms with Crippen LogP contribution in [-0.2, 0) is 14.3 Å². The Labute approximate surface area is 166 Å². The van der Waals surface area contributed by atoms with Crippen LogP contribution in [0.15, 0.2) is 24.3 Å². The third-order valence-corrected chi connectivity index (χ3v) is 5.53. The highest BCUT2D eigenvalue weighted by molar-refractivity contribution is 5.77. The maximum Gasteiger partial charge on any atom is 0.307 e. The summed E-state index contributed by atoms with van der Waals surface area (Å²) in [6, 6.07) is 7.72. The van der Waals surface area contributed by atoms with Gasteiger partial charge in [0.1, 0.15) is 0 Å². The number of likely N-dealkylation sites (tertiary alicyclic amines) is 1. The van der Waals surface area contributed by atoms with Crippen LogP contribution in [0, 0.1) is 5.92 Å². The van der Waals surface area contributed by atoms with Crippen LogP contribution in [0.5, 0.6) is 11.5 Å². The van der Waals surface area contributed by atoms with Crippen molar-refractivity contribution in [1.82, 2.24) is 10.2 Å². The lowest BCUT2D eigenvalue weighted by Crippen LogP contribution is -2.45. The van der Waals surface area contributed by atoms with Gasteiger partial charge in [-0.2, -0.15) is 0 Å². The highest BCUT2D eigenvalue weighted by atomic mass is 16.5. The van der Waals surface area contributed by atoms with Crippen LogP contribution in [0.25, 0.3) is 0 Å². The Morgan fingerprint density at radius 3 is 2.46 bits per heavy atom. The molecule has 1 aliphatic heterocycles. The van der Waals surface area contributed by atoms with Gasteiger partial charge in [0.25, 0.3) is 5.91 Å². The summed E-state index contributed by atoms with van der Waals surface area (Å²) in [4.78, 5) is 26.4. The minimum absolute atomic E-state index is 0.0543. The summed E-state index contributed by atoms with van der Waals surface area (Å²) in [5.41, 5.74) is 0. The summed E-state index contributed by atoms with van der Waals surface area (Å²) in [6.45, 7) is 1.51. The summed E-state index contributed by atoms with van der Waals surface area (Å²) in [5, 5.41) is 2.98. The van der Waals surface area contributed by atoms with Crippen molar-refractivity contribution in [2.75, 3.05) is 33.9 Å². The van der Waals surface area contributed by atoms with E-state index >= 15 is 0 Å². The molecule has 1 amide bonds. The lowest BCUT2D eigenvalue weighted by Gasteiger charge is -2.30. The second-order valence-electron chi connectivity index (χ2n) is 7.55. The molecule has 2 fully saturated rings. The molecule has 0 spiro atoms. The number of esters is 1. The first-order valence-corrected chi connectivity index (χ1v) is 9.95. The molecule has 1 aliphatic carbocycles. The predicted molar refractivity (Wildman–Crippen MR) is 104 cm³/mol. The van der Waals surface area contributed by atoms with Crippen molar-refractivity contribution in [2.24, 2.45) is 5.92 Å². The van der Waals surface area contributed by atoms with Gasteiger partial charge in [-0.05, 0) is 43.7 Å². The Kier molecular flexibility index (Phi) is 7.14. The molecular weight excluding hydrogens is 360 g/mol. The molecule has 1 saturated heterocycles. The van der Waals surface area contributed by atoms with E-state index in [4.69, 9.17) is 14.2 Å². The molecule has 2 aliphatic rings. The molecule has 1 N–H and O–H groups in total. The number of nitrogens with one attached hydrogen (secondary N) is 1. The Morgan fingerprint density at radius 1 is 1.07 bits per heavy atom. The average Bonchev–Trinajstić information content (AvgIpc) is 3.46. The fraction of sp³-hybridized carbons (Fsp3) is 0.619. The first-order chi connectivity index (χ1) is 13.6. The van der Waals surface area contributed by atoms with Crippen molar-refractivity contribution < 1.29 is 23.8 Å². The quantitative estimate of drug-likeness (QED) is 0.616. The van der Waals surface area contributed by atoms with Crippen molar-refractivity contribution in [3.63, 3.8) is 0 Å². The zero-order valence-corrected chi connectivity index (χ0v) is 16.7. The Bertz CT molecular complexity index is 677.